The van der Waals surface area contributed by atoms with Gasteiger partial charge in [-0.1, -0.05) is 24.3 Å². The molecule has 180 valence electrons. The number of fused-ring (bicyclic) bond motifs is 2. The van der Waals surface area contributed by atoms with Gasteiger partial charge in [0.25, 0.3) is 5.91 Å². The number of carbonyl (C=O) groups is 1. The first-order chi connectivity index (χ1) is 17.5. The van der Waals surface area contributed by atoms with E-state index in [1.165, 1.54) is 16.8 Å². The molecule has 0 bridgehead atoms. The molecule has 9 heteroatoms. The molecule has 5 rings (SSSR count). The number of anilines is 1. The standard InChI is InChI=1S/C27H23FN6O2/c1-2-36-20-13-9-18(10-14-20)16-31-34-25(29)23(27(35)30-15-17-7-11-19(28)12-8-17)24-26(34)33-22-6-4-3-5-21(22)32-24/h3-14,16H,2,15,29H2,1H3,(H,30,35)/b31-16+. The molecule has 0 saturated heterocycles. The normalized spacial score (nSPS) is 11.4. The molecule has 0 unspecified atom stereocenters. The number of para-hydroxylation sites is 2. The van der Waals surface area contributed by atoms with Gasteiger partial charge in [-0.05, 0) is 66.6 Å². The maximum absolute atomic E-state index is 13.2. The third kappa shape index (κ3) is 4.58. The maximum atomic E-state index is 13.2. The lowest BCUT2D eigenvalue weighted by Crippen LogP contribution is -2.23. The van der Waals surface area contributed by atoms with Crippen LogP contribution < -0.4 is 15.8 Å². The molecule has 5 aromatic rings. The molecule has 0 radical (unpaired) electrons. The Morgan fingerprint density at radius 3 is 2.44 bits per heavy atom. The van der Waals surface area contributed by atoms with Gasteiger partial charge in [0, 0.05) is 6.54 Å². The third-order valence-electron chi connectivity index (χ3n) is 5.58. The van der Waals surface area contributed by atoms with Crippen molar-refractivity contribution in [3.8, 4) is 5.75 Å². The Bertz CT molecular complexity index is 1580. The largest absolute Gasteiger partial charge is 0.494 e. The van der Waals surface area contributed by atoms with E-state index in [9.17, 15) is 9.18 Å². The Morgan fingerprint density at radius 2 is 1.75 bits per heavy atom. The number of nitrogens with one attached hydrogen (secondary N) is 1. The van der Waals surface area contributed by atoms with Crippen LogP contribution in [0.5, 0.6) is 5.75 Å². The van der Waals surface area contributed by atoms with Crippen molar-refractivity contribution in [2.24, 2.45) is 5.10 Å². The van der Waals surface area contributed by atoms with Gasteiger partial charge in [0.1, 0.15) is 28.5 Å². The van der Waals surface area contributed by atoms with Gasteiger partial charge in [0.2, 0.25) is 0 Å². The van der Waals surface area contributed by atoms with E-state index in [0.717, 1.165) is 16.9 Å². The summed E-state index contributed by atoms with van der Waals surface area (Å²) in [5, 5.41) is 7.35. The van der Waals surface area contributed by atoms with Crippen molar-refractivity contribution in [1.29, 1.82) is 0 Å². The van der Waals surface area contributed by atoms with Crippen LogP contribution in [-0.2, 0) is 6.54 Å². The summed E-state index contributed by atoms with van der Waals surface area (Å²) >= 11 is 0. The molecule has 2 aromatic heterocycles. The van der Waals surface area contributed by atoms with Crippen molar-refractivity contribution < 1.29 is 13.9 Å². The lowest BCUT2D eigenvalue weighted by atomic mass is 10.2. The van der Waals surface area contributed by atoms with Crippen molar-refractivity contribution in [3.63, 3.8) is 0 Å². The Morgan fingerprint density at radius 1 is 1.06 bits per heavy atom. The molecule has 0 saturated carbocycles. The second-order valence-corrected chi connectivity index (χ2v) is 8.01. The number of nitrogens with two attached hydrogens (primary N) is 1. The summed E-state index contributed by atoms with van der Waals surface area (Å²) in [6, 6.07) is 20.7. The zero-order valence-corrected chi connectivity index (χ0v) is 19.5. The number of halogens is 1. The summed E-state index contributed by atoms with van der Waals surface area (Å²) in [6.45, 7) is 2.70. The van der Waals surface area contributed by atoms with Gasteiger partial charge < -0.3 is 15.8 Å². The molecular formula is C27H23FN6O2. The fourth-order valence-corrected chi connectivity index (χ4v) is 3.80. The summed E-state index contributed by atoms with van der Waals surface area (Å²) in [7, 11) is 0. The number of carbonyl (C=O) groups excluding carboxylic acids is 1. The van der Waals surface area contributed by atoms with Gasteiger partial charge in [-0.25, -0.2) is 14.4 Å². The smallest absolute Gasteiger partial charge is 0.257 e. The lowest BCUT2D eigenvalue weighted by molar-refractivity contribution is 0.0953. The van der Waals surface area contributed by atoms with Crippen molar-refractivity contribution in [2.75, 3.05) is 12.3 Å². The minimum atomic E-state index is -0.429. The minimum Gasteiger partial charge on any atom is -0.494 e. The number of hydrogen-bond donors (Lipinski definition) is 2. The van der Waals surface area contributed by atoms with E-state index >= 15 is 0 Å². The van der Waals surface area contributed by atoms with Crippen LogP contribution in [0.4, 0.5) is 10.2 Å². The molecule has 3 aromatic carbocycles. The SMILES string of the molecule is CCOc1ccc(/C=N/n2c(N)c(C(=O)NCc3ccc(F)cc3)c3nc4ccccc4nc32)cc1. The second kappa shape index (κ2) is 9.83. The summed E-state index contributed by atoms with van der Waals surface area (Å²) < 4.78 is 20.1. The molecule has 36 heavy (non-hydrogen) atoms. The van der Waals surface area contributed by atoms with Crippen LogP contribution in [-0.4, -0.2) is 33.4 Å². The van der Waals surface area contributed by atoms with Gasteiger partial charge in [0.15, 0.2) is 5.65 Å². The van der Waals surface area contributed by atoms with Crippen LogP contribution in [0, 0.1) is 5.82 Å². The minimum absolute atomic E-state index is 0.110. The number of benzene rings is 3. The molecule has 0 spiro atoms. The van der Waals surface area contributed by atoms with Crippen LogP contribution in [0.15, 0.2) is 77.9 Å². The molecule has 8 nitrogen and oxygen atoms in total. The lowest BCUT2D eigenvalue weighted by Gasteiger charge is -2.06. The number of aromatic nitrogens is 3. The summed E-state index contributed by atoms with van der Waals surface area (Å²) in [5.41, 5.74) is 10.2. The molecule has 1 amide bonds. The summed E-state index contributed by atoms with van der Waals surface area (Å²) in [5.74, 6) is 0.100. The van der Waals surface area contributed by atoms with E-state index in [4.69, 9.17) is 10.5 Å². The highest BCUT2D eigenvalue weighted by atomic mass is 19.1. The highest BCUT2D eigenvalue weighted by Gasteiger charge is 2.24. The molecular weight excluding hydrogens is 459 g/mol. The monoisotopic (exact) mass is 482 g/mol. The first kappa shape index (κ1) is 23.0. The fourth-order valence-electron chi connectivity index (χ4n) is 3.80. The molecule has 0 aliphatic carbocycles. The van der Waals surface area contributed by atoms with Crippen LogP contribution in [0.1, 0.15) is 28.4 Å². The van der Waals surface area contributed by atoms with Crippen LogP contribution in [0.25, 0.3) is 22.2 Å². The maximum Gasteiger partial charge on any atom is 0.257 e. The first-order valence-electron chi connectivity index (χ1n) is 11.4. The van der Waals surface area contributed by atoms with E-state index in [0.29, 0.717) is 28.8 Å². The topological polar surface area (TPSA) is 107 Å². The number of nitrogen functional groups attached to an aromatic ring is 1. The molecule has 3 N–H and O–H groups in total. The van der Waals surface area contributed by atoms with Gasteiger partial charge in [0.05, 0.1) is 23.9 Å². The number of nitrogens with zero attached hydrogens (tertiary/aromatic N) is 4. The van der Waals surface area contributed by atoms with E-state index in [-0.39, 0.29) is 23.7 Å². The van der Waals surface area contributed by atoms with E-state index in [2.05, 4.69) is 20.4 Å². The van der Waals surface area contributed by atoms with E-state index < -0.39 is 5.91 Å². The predicted octanol–water partition coefficient (Wildman–Crippen LogP) is 4.52. The van der Waals surface area contributed by atoms with Crippen molar-refractivity contribution in [2.45, 2.75) is 13.5 Å². The molecule has 2 heterocycles. The van der Waals surface area contributed by atoms with Crippen molar-refractivity contribution in [1.82, 2.24) is 20.0 Å². The number of amides is 1. The average Bonchev–Trinajstić information content (AvgIpc) is 3.16. The zero-order valence-electron chi connectivity index (χ0n) is 19.5. The summed E-state index contributed by atoms with van der Waals surface area (Å²) in [4.78, 5) is 22.6. The number of hydrogen-bond acceptors (Lipinski definition) is 6. The predicted molar refractivity (Wildman–Crippen MR) is 138 cm³/mol. The molecule has 0 fully saturated rings. The highest BCUT2D eigenvalue weighted by Crippen LogP contribution is 2.28. The quantitative estimate of drug-likeness (QED) is 0.332. The van der Waals surface area contributed by atoms with Crippen LogP contribution in [0.3, 0.4) is 0 Å². The van der Waals surface area contributed by atoms with Gasteiger partial charge in [-0.3, -0.25) is 4.79 Å². The van der Waals surface area contributed by atoms with E-state index in [1.54, 1.807) is 18.3 Å². The van der Waals surface area contributed by atoms with Gasteiger partial charge in [-0.2, -0.15) is 9.78 Å². The Kier molecular flexibility index (Phi) is 6.27. The van der Waals surface area contributed by atoms with Crippen molar-refractivity contribution >= 4 is 40.1 Å². The Hall–Kier alpha value is -4.79. The molecule has 0 atom stereocenters. The number of ether oxygens (including phenoxy) is 1. The van der Waals surface area contributed by atoms with E-state index in [1.807, 2.05) is 55.5 Å². The van der Waals surface area contributed by atoms with Gasteiger partial charge in [-0.15, -0.1) is 0 Å². The Balaban J connectivity index is 1.54. The molecule has 0 aliphatic heterocycles. The average molecular weight is 483 g/mol. The second-order valence-electron chi connectivity index (χ2n) is 8.01. The van der Waals surface area contributed by atoms with Crippen molar-refractivity contribution in [3.05, 3.63) is 95.3 Å². The zero-order chi connectivity index (χ0) is 25.1. The van der Waals surface area contributed by atoms with Crippen LogP contribution >= 0.6 is 0 Å². The summed E-state index contributed by atoms with van der Waals surface area (Å²) in [6.07, 6.45) is 1.63. The van der Waals surface area contributed by atoms with Gasteiger partial charge >= 0.3 is 0 Å². The highest BCUT2D eigenvalue weighted by molar-refractivity contribution is 6.10. The fraction of sp³-hybridized carbons (Fsp3) is 0.111. The first-order valence-corrected chi connectivity index (χ1v) is 11.4. The third-order valence-corrected chi connectivity index (χ3v) is 5.58. The molecule has 0 aliphatic rings. The Labute approximate surface area is 206 Å². The number of rotatable bonds is 7. The van der Waals surface area contributed by atoms with Crippen LogP contribution in [0.2, 0.25) is 0 Å².